The van der Waals surface area contributed by atoms with Crippen molar-refractivity contribution >= 4 is 17.4 Å². The molecule has 0 saturated carbocycles. The van der Waals surface area contributed by atoms with Crippen molar-refractivity contribution < 1.29 is 33.6 Å². The van der Waals surface area contributed by atoms with E-state index in [1.165, 1.54) is 19.1 Å². The van der Waals surface area contributed by atoms with Crippen molar-refractivity contribution in [2.45, 2.75) is 13.0 Å². The number of nitrogens with zero attached hydrogens (tertiary/aromatic N) is 1. The average molecular weight is 468 g/mol. The van der Waals surface area contributed by atoms with E-state index in [0.29, 0.717) is 41.6 Å². The van der Waals surface area contributed by atoms with Gasteiger partial charge in [0.25, 0.3) is 11.7 Å². The van der Waals surface area contributed by atoms with Gasteiger partial charge in [0.2, 0.25) is 0 Å². The van der Waals surface area contributed by atoms with Crippen LogP contribution in [-0.4, -0.2) is 62.3 Å². The van der Waals surface area contributed by atoms with Crippen molar-refractivity contribution in [1.29, 1.82) is 0 Å². The summed E-state index contributed by atoms with van der Waals surface area (Å²) in [7, 11) is 3.03. The Hall–Kier alpha value is -3.78. The van der Waals surface area contributed by atoms with E-state index in [9.17, 15) is 14.7 Å². The normalized spacial score (nSPS) is 17.0. The molecule has 1 heterocycles. The number of aliphatic hydroxyl groups excluding tert-OH is 1. The van der Waals surface area contributed by atoms with Gasteiger partial charge in [-0.2, -0.15) is 0 Å². The number of carbonyl (C=O) groups excluding carboxylic acids is 2. The topological polar surface area (TPSA) is 94.5 Å². The number of aliphatic hydroxyl groups is 1. The van der Waals surface area contributed by atoms with Crippen molar-refractivity contribution in [1.82, 2.24) is 4.90 Å². The lowest BCUT2D eigenvalue weighted by Crippen LogP contribution is -2.32. The maximum absolute atomic E-state index is 13.1. The lowest BCUT2D eigenvalue weighted by molar-refractivity contribution is -0.140. The molecule has 2 aromatic carbocycles. The van der Waals surface area contributed by atoms with Gasteiger partial charge in [0.15, 0.2) is 11.5 Å². The molecule has 1 aliphatic rings. The number of Topliss-reactive ketones (excluding diaryl/α,β-unsaturated/α-hetero) is 1. The fourth-order valence-electron chi connectivity index (χ4n) is 3.80. The number of methoxy groups -OCH3 is 2. The minimum Gasteiger partial charge on any atom is -0.507 e. The molecule has 3 rings (SSSR count). The maximum atomic E-state index is 13.1. The third-order valence-corrected chi connectivity index (χ3v) is 5.38. The highest BCUT2D eigenvalue weighted by atomic mass is 16.5. The van der Waals surface area contributed by atoms with Crippen molar-refractivity contribution in [3.05, 3.63) is 71.8 Å². The van der Waals surface area contributed by atoms with Crippen molar-refractivity contribution in [2.24, 2.45) is 0 Å². The zero-order valence-electron chi connectivity index (χ0n) is 19.6. The number of likely N-dealkylation sites (tertiary alicyclic amines) is 1. The van der Waals surface area contributed by atoms with Crippen LogP contribution in [-0.2, 0) is 14.3 Å². The first kappa shape index (κ1) is 24.9. The molecule has 8 nitrogen and oxygen atoms in total. The second-order valence-electron chi connectivity index (χ2n) is 7.45. The third kappa shape index (κ3) is 5.07. The Balaban J connectivity index is 2.10. The molecule has 1 atom stereocenters. The summed E-state index contributed by atoms with van der Waals surface area (Å²) in [6.07, 6.45) is 1.63. The molecule has 1 N–H and O–H groups in total. The lowest BCUT2D eigenvalue weighted by atomic mass is 9.95. The predicted octanol–water partition coefficient (Wildman–Crippen LogP) is 3.73. The molecule has 180 valence electrons. The van der Waals surface area contributed by atoms with Crippen LogP contribution < -0.4 is 14.2 Å². The van der Waals surface area contributed by atoms with Crippen LogP contribution in [0.2, 0.25) is 0 Å². The summed E-state index contributed by atoms with van der Waals surface area (Å²) in [4.78, 5) is 27.4. The Bertz CT molecular complexity index is 1080. The molecule has 0 bridgehead atoms. The molecule has 1 saturated heterocycles. The molecule has 0 aliphatic carbocycles. The average Bonchev–Trinajstić information content (AvgIpc) is 3.11. The van der Waals surface area contributed by atoms with Crippen LogP contribution in [0.1, 0.15) is 24.1 Å². The van der Waals surface area contributed by atoms with Crippen LogP contribution in [0, 0.1) is 0 Å². The number of ether oxygens (including phenoxy) is 4. The van der Waals surface area contributed by atoms with E-state index in [1.807, 2.05) is 6.92 Å². The standard InChI is InChI=1S/C26H29NO7/c1-5-14-34-19-10-7-17(8-11-19)24(28)22-23(27(13-15-31-3)26(30)25(22)29)18-9-12-20(33-6-2)21(16-18)32-4/h5,7-12,16,23,28H,1,6,13-15H2,2-4H3/b24-22+. The minimum absolute atomic E-state index is 0.00734. The van der Waals surface area contributed by atoms with Crippen LogP contribution in [0.4, 0.5) is 0 Å². The third-order valence-electron chi connectivity index (χ3n) is 5.38. The second-order valence-corrected chi connectivity index (χ2v) is 7.45. The van der Waals surface area contributed by atoms with Crippen molar-refractivity contribution in [2.75, 3.05) is 40.6 Å². The molecule has 0 radical (unpaired) electrons. The Morgan fingerprint density at radius 2 is 1.82 bits per heavy atom. The second kappa shape index (κ2) is 11.4. The SMILES string of the molecule is C=CCOc1ccc(/C(O)=C2\C(=O)C(=O)N(CCOC)C2c2ccc(OCC)c(OC)c2)cc1. The highest BCUT2D eigenvalue weighted by Gasteiger charge is 2.46. The van der Waals surface area contributed by atoms with E-state index in [1.54, 1.807) is 48.5 Å². The van der Waals surface area contributed by atoms with Gasteiger partial charge in [-0.3, -0.25) is 9.59 Å². The predicted molar refractivity (Wildman–Crippen MR) is 127 cm³/mol. The summed E-state index contributed by atoms with van der Waals surface area (Å²) in [5, 5.41) is 11.2. The van der Waals surface area contributed by atoms with Crippen LogP contribution in [0.25, 0.3) is 5.76 Å². The fourth-order valence-corrected chi connectivity index (χ4v) is 3.80. The lowest BCUT2D eigenvalue weighted by Gasteiger charge is -2.25. The first-order valence-corrected chi connectivity index (χ1v) is 10.9. The van der Waals surface area contributed by atoms with Crippen molar-refractivity contribution in [3.63, 3.8) is 0 Å². The molecular weight excluding hydrogens is 438 g/mol. The summed E-state index contributed by atoms with van der Waals surface area (Å²) in [5.41, 5.74) is 0.980. The molecular formula is C26H29NO7. The minimum atomic E-state index is -0.823. The number of amides is 1. The first-order chi connectivity index (χ1) is 16.5. The highest BCUT2D eigenvalue weighted by Crippen LogP contribution is 2.42. The Morgan fingerprint density at radius 1 is 1.09 bits per heavy atom. The molecule has 8 heteroatoms. The van der Waals surface area contributed by atoms with Gasteiger partial charge in [-0.1, -0.05) is 18.7 Å². The van der Waals surface area contributed by atoms with Gasteiger partial charge in [-0.25, -0.2) is 0 Å². The Labute approximate surface area is 199 Å². The summed E-state index contributed by atoms with van der Waals surface area (Å²) in [6.45, 7) is 6.67. The molecule has 34 heavy (non-hydrogen) atoms. The van der Waals surface area contributed by atoms with Crippen molar-refractivity contribution in [3.8, 4) is 17.2 Å². The van der Waals surface area contributed by atoms with E-state index in [4.69, 9.17) is 18.9 Å². The van der Waals surface area contributed by atoms with Crippen LogP contribution in [0.15, 0.2) is 60.7 Å². The quantitative estimate of drug-likeness (QED) is 0.233. The van der Waals surface area contributed by atoms with E-state index in [-0.39, 0.29) is 24.5 Å². The highest BCUT2D eigenvalue weighted by molar-refractivity contribution is 6.46. The van der Waals surface area contributed by atoms with E-state index in [0.717, 1.165) is 0 Å². The summed E-state index contributed by atoms with van der Waals surface area (Å²) >= 11 is 0. The number of carbonyl (C=O) groups is 2. The number of benzene rings is 2. The number of rotatable bonds is 11. The van der Waals surface area contributed by atoms with Gasteiger partial charge < -0.3 is 29.0 Å². The fraction of sp³-hybridized carbons (Fsp3) is 0.308. The number of ketones is 1. The molecule has 1 unspecified atom stereocenters. The number of hydrogen-bond acceptors (Lipinski definition) is 7. The zero-order chi connectivity index (χ0) is 24.7. The van der Waals surface area contributed by atoms with E-state index in [2.05, 4.69) is 6.58 Å². The molecule has 0 aromatic heterocycles. The summed E-state index contributed by atoms with van der Waals surface area (Å²) < 4.78 is 21.7. The molecule has 1 aliphatic heterocycles. The Morgan fingerprint density at radius 3 is 2.44 bits per heavy atom. The zero-order valence-corrected chi connectivity index (χ0v) is 19.6. The molecule has 0 spiro atoms. The van der Waals surface area contributed by atoms with E-state index >= 15 is 0 Å². The van der Waals surface area contributed by atoms with Crippen LogP contribution in [0.5, 0.6) is 17.2 Å². The van der Waals surface area contributed by atoms with Crippen LogP contribution >= 0.6 is 0 Å². The van der Waals surface area contributed by atoms with Gasteiger partial charge in [0.05, 0.1) is 31.9 Å². The summed E-state index contributed by atoms with van der Waals surface area (Å²) in [5.74, 6) is -0.157. The Kier molecular flexibility index (Phi) is 8.32. The van der Waals surface area contributed by atoms with Gasteiger partial charge >= 0.3 is 0 Å². The first-order valence-electron chi connectivity index (χ1n) is 10.9. The largest absolute Gasteiger partial charge is 0.507 e. The summed E-state index contributed by atoms with van der Waals surface area (Å²) in [6, 6.07) is 11.0. The van der Waals surface area contributed by atoms with Gasteiger partial charge in [0, 0.05) is 19.2 Å². The molecule has 1 amide bonds. The monoisotopic (exact) mass is 467 g/mol. The molecule has 1 fully saturated rings. The maximum Gasteiger partial charge on any atom is 0.295 e. The van der Waals surface area contributed by atoms with Gasteiger partial charge in [-0.05, 0) is 48.9 Å². The van der Waals surface area contributed by atoms with Gasteiger partial charge in [-0.15, -0.1) is 0 Å². The van der Waals surface area contributed by atoms with Gasteiger partial charge in [0.1, 0.15) is 18.1 Å². The molecule has 2 aromatic rings. The smallest absolute Gasteiger partial charge is 0.295 e. The number of hydrogen-bond donors (Lipinski definition) is 1. The van der Waals surface area contributed by atoms with Crippen LogP contribution in [0.3, 0.4) is 0 Å². The van der Waals surface area contributed by atoms with E-state index < -0.39 is 17.7 Å².